The first-order valence-electron chi connectivity index (χ1n) is 7.07. The van der Waals surface area contributed by atoms with E-state index in [2.05, 4.69) is 0 Å². The molecule has 1 atom stereocenters. The molecule has 112 valence electrons. The van der Waals surface area contributed by atoms with Crippen molar-refractivity contribution in [3.05, 3.63) is 24.3 Å². The smallest absolute Gasteiger partial charge is 0.265 e. The highest BCUT2D eigenvalue weighted by atomic mass is 16.5. The predicted molar refractivity (Wildman–Crippen MR) is 76.3 cm³/mol. The lowest BCUT2D eigenvalue weighted by Crippen LogP contribution is -2.53. The van der Waals surface area contributed by atoms with Gasteiger partial charge in [-0.15, -0.1) is 0 Å². The highest BCUT2D eigenvalue weighted by Gasteiger charge is 2.35. The van der Waals surface area contributed by atoms with E-state index in [4.69, 9.17) is 9.47 Å². The summed E-state index contributed by atoms with van der Waals surface area (Å²) < 4.78 is 11.1. The van der Waals surface area contributed by atoms with Gasteiger partial charge in [-0.1, -0.05) is 12.1 Å². The van der Waals surface area contributed by atoms with Crippen LogP contribution in [0.5, 0.6) is 5.75 Å². The van der Waals surface area contributed by atoms with E-state index in [1.807, 2.05) is 18.2 Å². The zero-order chi connectivity index (χ0) is 14.8. The molecule has 2 aliphatic rings. The minimum Gasteiger partial charge on any atom is -0.476 e. The van der Waals surface area contributed by atoms with Gasteiger partial charge >= 0.3 is 0 Å². The van der Waals surface area contributed by atoms with Crippen molar-refractivity contribution in [3.63, 3.8) is 0 Å². The lowest BCUT2D eigenvalue weighted by Gasteiger charge is -2.36. The molecule has 2 heterocycles. The van der Waals surface area contributed by atoms with Crippen molar-refractivity contribution in [3.8, 4) is 5.75 Å². The van der Waals surface area contributed by atoms with Gasteiger partial charge in [-0.3, -0.25) is 9.59 Å². The fourth-order valence-corrected chi connectivity index (χ4v) is 2.65. The van der Waals surface area contributed by atoms with Gasteiger partial charge in [-0.2, -0.15) is 0 Å². The Morgan fingerprint density at radius 2 is 1.90 bits per heavy atom. The molecule has 2 amide bonds. The van der Waals surface area contributed by atoms with E-state index in [0.29, 0.717) is 32.1 Å². The second-order valence-electron chi connectivity index (χ2n) is 5.14. The van der Waals surface area contributed by atoms with Crippen LogP contribution < -0.4 is 9.64 Å². The second-order valence-corrected chi connectivity index (χ2v) is 5.14. The number of amides is 2. The van der Waals surface area contributed by atoms with Crippen molar-refractivity contribution in [1.82, 2.24) is 4.90 Å². The minimum atomic E-state index is -0.651. The van der Waals surface area contributed by atoms with Crippen LogP contribution in [0.4, 0.5) is 5.69 Å². The molecule has 1 aromatic carbocycles. The van der Waals surface area contributed by atoms with Gasteiger partial charge in [0.15, 0.2) is 6.10 Å². The highest BCUT2D eigenvalue weighted by Crippen LogP contribution is 2.33. The van der Waals surface area contributed by atoms with E-state index < -0.39 is 6.10 Å². The third-order valence-electron chi connectivity index (χ3n) is 3.75. The van der Waals surface area contributed by atoms with E-state index in [1.54, 1.807) is 15.9 Å². The first kappa shape index (κ1) is 13.9. The molecule has 0 N–H and O–H groups in total. The first-order chi connectivity index (χ1) is 10.2. The largest absolute Gasteiger partial charge is 0.476 e. The summed E-state index contributed by atoms with van der Waals surface area (Å²) >= 11 is 0. The maximum absolute atomic E-state index is 12.5. The molecule has 1 unspecified atom stereocenters. The van der Waals surface area contributed by atoms with Gasteiger partial charge in [0.25, 0.3) is 5.91 Å². The summed E-state index contributed by atoms with van der Waals surface area (Å²) in [5.74, 6) is 0.398. The van der Waals surface area contributed by atoms with E-state index in [0.717, 1.165) is 5.69 Å². The number of ether oxygens (including phenoxy) is 2. The summed E-state index contributed by atoms with van der Waals surface area (Å²) in [6.07, 6.45) is -0.651. The summed E-state index contributed by atoms with van der Waals surface area (Å²) in [4.78, 5) is 27.7. The number of para-hydroxylation sites is 2. The summed E-state index contributed by atoms with van der Waals surface area (Å²) in [5, 5.41) is 0. The Morgan fingerprint density at radius 3 is 2.62 bits per heavy atom. The van der Waals surface area contributed by atoms with Crippen LogP contribution in [0.25, 0.3) is 0 Å². The van der Waals surface area contributed by atoms with Gasteiger partial charge in [-0.25, -0.2) is 0 Å². The second kappa shape index (κ2) is 5.73. The van der Waals surface area contributed by atoms with Crippen molar-refractivity contribution in [2.75, 3.05) is 37.7 Å². The fourth-order valence-electron chi connectivity index (χ4n) is 2.65. The summed E-state index contributed by atoms with van der Waals surface area (Å²) in [7, 11) is 0. The van der Waals surface area contributed by atoms with Crippen LogP contribution in [-0.4, -0.2) is 55.7 Å². The SMILES string of the molecule is CC(=O)N1CC(C(=O)N2CCOCC2)Oc2ccccc21. The van der Waals surface area contributed by atoms with E-state index >= 15 is 0 Å². The average molecular weight is 290 g/mol. The standard InChI is InChI=1S/C15H18N2O4/c1-11(18)17-10-14(15(19)16-6-8-20-9-7-16)21-13-5-3-2-4-12(13)17/h2-5,14H,6-10H2,1H3. The number of hydrogen-bond acceptors (Lipinski definition) is 4. The Morgan fingerprint density at radius 1 is 1.19 bits per heavy atom. The number of carbonyl (C=O) groups is 2. The highest BCUT2D eigenvalue weighted by molar-refractivity contribution is 5.95. The molecule has 0 aliphatic carbocycles. The number of fused-ring (bicyclic) bond motifs is 1. The number of anilines is 1. The quantitative estimate of drug-likeness (QED) is 0.762. The van der Waals surface area contributed by atoms with Crippen LogP contribution in [0.3, 0.4) is 0 Å². The molecule has 1 saturated heterocycles. The van der Waals surface area contributed by atoms with E-state index in [1.165, 1.54) is 6.92 Å². The predicted octanol–water partition coefficient (Wildman–Crippen LogP) is 0.659. The van der Waals surface area contributed by atoms with Crippen LogP contribution in [0.15, 0.2) is 24.3 Å². The van der Waals surface area contributed by atoms with E-state index in [9.17, 15) is 9.59 Å². The van der Waals surface area contributed by atoms with Crippen LogP contribution in [0.2, 0.25) is 0 Å². The molecule has 0 radical (unpaired) electrons. The molecule has 1 aromatic rings. The Bertz CT molecular complexity index is 554. The molecule has 6 heteroatoms. The third-order valence-corrected chi connectivity index (χ3v) is 3.75. The first-order valence-corrected chi connectivity index (χ1v) is 7.07. The summed E-state index contributed by atoms with van der Waals surface area (Å²) in [5.41, 5.74) is 0.719. The molecule has 0 bridgehead atoms. The number of benzene rings is 1. The van der Waals surface area contributed by atoms with Crippen LogP contribution >= 0.6 is 0 Å². The molecule has 1 fully saturated rings. The Kier molecular flexibility index (Phi) is 3.79. The topological polar surface area (TPSA) is 59.1 Å². The van der Waals surface area contributed by atoms with Gasteiger partial charge in [0.1, 0.15) is 5.75 Å². The molecular formula is C15H18N2O4. The Labute approximate surface area is 123 Å². The molecule has 3 rings (SSSR count). The van der Waals surface area contributed by atoms with Gasteiger partial charge in [0.2, 0.25) is 5.91 Å². The van der Waals surface area contributed by atoms with Gasteiger partial charge in [-0.05, 0) is 12.1 Å². The zero-order valence-electron chi connectivity index (χ0n) is 11.9. The van der Waals surface area contributed by atoms with Crippen molar-refractivity contribution in [2.24, 2.45) is 0 Å². The molecule has 21 heavy (non-hydrogen) atoms. The van der Waals surface area contributed by atoms with Crippen LogP contribution in [0, 0.1) is 0 Å². The molecule has 2 aliphatic heterocycles. The molecular weight excluding hydrogens is 272 g/mol. The lowest BCUT2D eigenvalue weighted by atomic mass is 10.1. The van der Waals surface area contributed by atoms with Crippen LogP contribution in [-0.2, 0) is 14.3 Å². The normalized spacial score (nSPS) is 21.5. The molecule has 6 nitrogen and oxygen atoms in total. The maximum atomic E-state index is 12.5. The van der Waals surface area contributed by atoms with Crippen molar-refractivity contribution < 1.29 is 19.1 Å². The molecule has 0 saturated carbocycles. The monoisotopic (exact) mass is 290 g/mol. The number of carbonyl (C=O) groups excluding carboxylic acids is 2. The number of rotatable bonds is 1. The third kappa shape index (κ3) is 2.71. The summed E-state index contributed by atoms with van der Waals surface area (Å²) in [6, 6.07) is 7.29. The van der Waals surface area contributed by atoms with Crippen molar-refractivity contribution in [1.29, 1.82) is 0 Å². The summed E-state index contributed by atoms with van der Waals surface area (Å²) in [6.45, 7) is 3.98. The van der Waals surface area contributed by atoms with Gasteiger partial charge in [0, 0.05) is 20.0 Å². The van der Waals surface area contributed by atoms with Crippen LogP contribution in [0.1, 0.15) is 6.92 Å². The zero-order valence-corrected chi connectivity index (χ0v) is 11.9. The van der Waals surface area contributed by atoms with Crippen molar-refractivity contribution in [2.45, 2.75) is 13.0 Å². The minimum absolute atomic E-state index is 0.0842. The van der Waals surface area contributed by atoms with Gasteiger partial charge < -0.3 is 19.3 Å². The number of morpholine rings is 1. The van der Waals surface area contributed by atoms with E-state index in [-0.39, 0.29) is 18.4 Å². The average Bonchev–Trinajstić information content (AvgIpc) is 2.53. The number of hydrogen-bond donors (Lipinski definition) is 0. The van der Waals surface area contributed by atoms with Crippen molar-refractivity contribution >= 4 is 17.5 Å². The number of nitrogens with zero attached hydrogens (tertiary/aromatic N) is 2. The fraction of sp³-hybridized carbons (Fsp3) is 0.467. The Balaban J connectivity index is 1.82. The van der Waals surface area contributed by atoms with Gasteiger partial charge in [0.05, 0.1) is 25.4 Å². The Hall–Kier alpha value is -2.08. The molecule has 0 aromatic heterocycles. The molecule has 0 spiro atoms. The maximum Gasteiger partial charge on any atom is 0.265 e. The lowest BCUT2D eigenvalue weighted by molar-refractivity contribution is -0.142.